The van der Waals surface area contributed by atoms with Gasteiger partial charge in [-0.05, 0) is 20.8 Å². The molecule has 3 aromatic rings. The minimum Gasteiger partial charge on any atom is -0.440 e. The van der Waals surface area contributed by atoms with Gasteiger partial charge in [0.1, 0.15) is 0 Å². The average Bonchev–Trinajstić information content (AvgIpc) is 3.17. The minimum absolute atomic E-state index is 0.0864. The van der Waals surface area contributed by atoms with Crippen LogP contribution in [0.5, 0.6) is 0 Å². The van der Waals surface area contributed by atoms with E-state index >= 15 is 0 Å². The second-order valence-electron chi connectivity index (χ2n) is 5.03. The van der Waals surface area contributed by atoms with E-state index in [9.17, 15) is 0 Å². The van der Waals surface area contributed by atoms with Gasteiger partial charge in [0.15, 0.2) is 11.6 Å². The van der Waals surface area contributed by atoms with E-state index in [1.165, 1.54) is 0 Å². The Hall–Kier alpha value is -2.08. The van der Waals surface area contributed by atoms with Gasteiger partial charge < -0.3 is 8.94 Å². The first kappa shape index (κ1) is 14.8. The summed E-state index contributed by atoms with van der Waals surface area (Å²) in [4.78, 5) is 8.65. The fourth-order valence-corrected chi connectivity index (χ4v) is 3.16. The molecule has 2 aromatic heterocycles. The van der Waals surface area contributed by atoms with Crippen LogP contribution in [0.3, 0.4) is 0 Å². The van der Waals surface area contributed by atoms with Crippen molar-refractivity contribution in [1.29, 1.82) is 0 Å². The zero-order valence-corrected chi connectivity index (χ0v) is 13.5. The molecule has 6 heteroatoms. The molecule has 114 valence electrons. The topological polar surface area (TPSA) is 65.0 Å². The highest BCUT2D eigenvalue weighted by Crippen LogP contribution is 2.39. The minimum atomic E-state index is 0.0864. The monoisotopic (exact) mass is 315 g/mol. The van der Waals surface area contributed by atoms with Crippen LogP contribution in [0.25, 0.3) is 11.3 Å². The number of hydrogen-bond acceptors (Lipinski definition) is 6. The maximum atomic E-state index is 5.87. The van der Waals surface area contributed by atoms with Gasteiger partial charge in [-0.25, -0.2) is 4.98 Å². The molecule has 2 unspecified atom stereocenters. The number of thioether (sulfide) groups is 1. The van der Waals surface area contributed by atoms with Crippen LogP contribution in [0.4, 0.5) is 0 Å². The summed E-state index contributed by atoms with van der Waals surface area (Å²) in [5.74, 6) is 2.76. The average molecular weight is 315 g/mol. The van der Waals surface area contributed by atoms with Gasteiger partial charge in [0.2, 0.25) is 11.8 Å². The number of benzene rings is 1. The van der Waals surface area contributed by atoms with Crippen molar-refractivity contribution in [2.75, 3.05) is 0 Å². The van der Waals surface area contributed by atoms with Crippen LogP contribution >= 0.6 is 11.8 Å². The maximum absolute atomic E-state index is 5.87. The Bertz CT molecular complexity index is 739. The van der Waals surface area contributed by atoms with Crippen molar-refractivity contribution in [2.45, 2.75) is 31.3 Å². The highest BCUT2D eigenvalue weighted by Gasteiger charge is 2.21. The number of aryl methyl sites for hydroxylation is 1. The Kier molecular flexibility index (Phi) is 4.29. The van der Waals surface area contributed by atoms with E-state index in [4.69, 9.17) is 8.94 Å². The van der Waals surface area contributed by atoms with Crippen molar-refractivity contribution in [2.24, 2.45) is 0 Å². The third-order valence-corrected chi connectivity index (χ3v) is 4.45. The molecule has 1 aromatic carbocycles. The van der Waals surface area contributed by atoms with Gasteiger partial charge in [0.25, 0.3) is 0 Å². The Labute approximate surface area is 133 Å². The van der Waals surface area contributed by atoms with Crippen molar-refractivity contribution >= 4 is 11.8 Å². The van der Waals surface area contributed by atoms with Gasteiger partial charge in [-0.2, -0.15) is 4.98 Å². The van der Waals surface area contributed by atoms with Gasteiger partial charge in [-0.15, -0.1) is 11.8 Å². The zero-order chi connectivity index (χ0) is 15.5. The summed E-state index contributed by atoms with van der Waals surface area (Å²) in [7, 11) is 0. The lowest BCUT2D eigenvalue weighted by molar-refractivity contribution is 0.376. The molecule has 2 atom stereocenters. The smallest absolute Gasteiger partial charge is 0.239 e. The first-order valence-electron chi connectivity index (χ1n) is 7.10. The highest BCUT2D eigenvalue weighted by atomic mass is 32.2. The summed E-state index contributed by atoms with van der Waals surface area (Å²) in [5.41, 5.74) is 1.03. The first-order chi connectivity index (χ1) is 10.6. The van der Waals surface area contributed by atoms with Gasteiger partial charge >= 0.3 is 0 Å². The van der Waals surface area contributed by atoms with Crippen LogP contribution in [0, 0.1) is 6.92 Å². The molecule has 0 N–H and O–H groups in total. The fourth-order valence-electron chi connectivity index (χ4n) is 2.11. The second kappa shape index (κ2) is 6.36. The standard InChI is InChI=1S/C16H17N3O2S/c1-10(22-11(2)16-18-12(3)19-21-16)15-17-9-14(20-15)13-7-5-4-6-8-13/h4-11H,1-3H3. The lowest BCUT2D eigenvalue weighted by Crippen LogP contribution is -1.95. The van der Waals surface area contributed by atoms with Crippen molar-refractivity contribution in [1.82, 2.24) is 15.1 Å². The molecule has 3 rings (SSSR count). The Morgan fingerprint density at radius 1 is 1.05 bits per heavy atom. The van der Waals surface area contributed by atoms with Crippen molar-refractivity contribution in [3.63, 3.8) is 0 Å². The summed E-state index contributed by atoms with van der Waals surface area (Å²) in [5, 5.41) is 4.01. The number of rotatable bonds is 5. The van der Waals surface area contributed by atoms with E-state index in [1.807, 2.05) is 44.2 Å². The number of nitrogens with zero attached hydrogens (tertiary/aromatic N) is 3. The number of oxazole rings is 1. The van der Waals surface area contributed by atoms with Gasteiger partial charge in [0.05, 0.1) is 16.7 Å². The third kappa shape index (κ3) is 3.22. The molecule has 0 fully saturated rings. The summed E-state index contributed by atoms with van der Waals surface area (Å²) in [6.45, 7) is 5.91. The molecule has 0 bridgehead atoms. The summed E-state index contributed by atoms with van der Waals surface area (Å²) >= 11 is 1.68. The van der Waals surface area contributed by atoms with Crippen molar-refractivity contribution in [3.05, 3.63) is 54.1 Å². The lowest BCUT2D eigenvalue weighted by atomic mass is 10.2. The lowest BCUT2D eigenvalue weighted by Gasteiger charge is -2.11. The van der Waals surface area contributed by atoms with Crippen LogP contribution < -0.4 is 0 Å². The zero-order valence-electron chi connectivity index (χ0n) is 12.7. The molecule has 0 aliphatic carbocycles. The largest absolute Gasteiger partial charge is 0.440 e. The molecular weight excluding hydrogens is 298 g/mol. The molecule has 0 amide bonds. The second-order valence-corrected chi connectivity index (χ2v) is 6.72. The molecule has 2 heterocycles. The summed E-state index contributed by atoms with van der Waals surface area (Å²) in [6, 6.07) is 9.95. The molecule has 0 saturated carbocycles. The predicted molar refractivity (Wildman–Crippen MR) is 85.4 cm³/mol. The fraction of sp³-hybridized carbons (Fsp3) is 0.312. The van der Waals surface area contributed by atoms with E-state index in [1.54, 1.807) is 18.0 Å². The van der Waals surface area contributed by atoms with Crippen LogP contribution in [0.2, 0.25) is 0 Å². The van der Waals surface area contributed by atoms with Crippen LogP contribution in [0.1, 0.15) is 42.0 Å². The quantitative estimate of drug-likeness (QED) is 0.686. The molecule has 0 radical (unpaired) electrons. The van der Waals surface area contributed by atoms with Gasteiger partial charge in [-0.3, -0.25) is 0 Å². The first-order valence-corrected chi connectivity index (χ1v) is 8.04. The van der Waals surface area contributed by atoms with Crippen LogP contribution in [0.15, 0.2) is 45.5 Å². The maximum Gasteiger partial charge on any atom is 0.239 e. The predicted octanol–water partition coefficient (Wildman–Crippen LogP) is 4.59. The van der Waals surface area contributed by atoms with E-state index in [0.29, 0.717) is 17.6 Å². The van der Waals surface area contributed by atoms with Gasteiger partial charge in [0, 0.05) is 5.56 Å². The highest BCUT2D eigenvalue weighted by molar-refractivity contribution is 7.99. The Morgan fingerprint density at radius 3 is 2.45 bits per heavy atom. The van der Waals surface area contributed by atoms with Crippen molar-refractivity contribution < 1.29 is 8.94 Å². The van der Waals surface area contributed by atoms with E-state index in [0.717, 1.165) is 11.3 Å². The normalized spacial score (nSPS) is 14.0. The molecule has 5 nitrogen and oxygen atoms in total. The molecule has 0 aliphatic rings. The Morgan fingerprint density at radius 2 is 1.77 bits per heavy atom. The molecule has 0 aliphatic heterocycles. The molecule has 22 heavy (non-hydrogen) atoms. The number of aromatic nitrogens is 3. The SMILES string of the molecule is Cc1noc(C(C)SC(C)c2ncc(-c3ccccc3)o2)n1. The van der Waals surface area contributed by atoms with Crippen LogP contribution in [-0.2, 0) is 0 Å². The molecule has 0 spiro atoms. The third-order valence-electron chi connectivity index (χ3n) is 3.23. The van der Waals surface area contributed by atoms with Gasteiger partial charge in [-0.1, -0.05) is 35.5 Å². The van der Waals surface area contributed by atoms with Crippen LogP contribution in [-0.4, -0.2) is 15.1 Å². The Balaban J connectivity index is 1.70. The summed E-state index contributed by atoms with van der Waals surface area (Å²) in [6.07, 6.45) is 1.77. The van der Waals surface area contributed by atoms with E-state index in [2.05, 4.69) is 22.0 Å². The molecular formula is C16H17N3O2S. The van der Waals surface area contributed by atoms with E-state index in [-0.39, 0.29) is 10.5 Å². The molecule has 0 saturated heterocycles. The summed E-state index contributed by atoms with van der Waals surface area (Å²) < 4.78 is 11.1. The van der Waals surface area contributed by atoms with Crippen molar-refractivity contribution in [3.8, 4) is 11.3 Å². The number of hydrogen-bond donors (Lipinski definition) is 0. The van der Waals surface area contributed by atoms with E-state index < -0.39 is 0 Å².